The van der Waals surface area contributed by atoms with Crippen molar-refractivity contribution in [2.45, 2.75) is 32.0 Å². The summed E-state index contributed by atoms with van der Waals surface area (Å²) in [5.41, 5.74) is 3.88. The van der Waals surface area contributed by atoms with E-state index < -0.39 is 6.29 Å². The van der Waals surface area contributed by atoms with Gasteiger partial charge < -0.3 is 19.3 Å². The van der Waals surface area contributed by atoms with E-state index in [0.29, 0.717) is 30.0 Å². The Morgan fingerprint density at radius 2 is 1.54 bits per heavy atom. The Bertz CT molecular complexity index is 1320. The number of aliphatic hydroxyl groups excluding tert-OH is 1. The van der Waals surface area contributed by atoms with Gasteiger partial charge in [0.1, 0.15) is 0 Å². The summed E-state index contributed by atoms with van der Waals surface area (Å²) in [5, 5.41) is 9.50. The minimum Gasteiger partial charge on any atom is -0.392 e. The summed E-state index contributed by atoms with van der Waals surface area (Å²) >= 11 is 0. The van der Waals surface area contributed by atoms with E-state index >= 15 is 0 Å². The average Bonchev–Trinajstić information content (AvgIpc) is 3.24. The van der Waals surface area contributed by atoms with Gasteiger partial charge >= 0.3 is 0 Å². The number of amides is 2. The van der Waals surface area contributed by atoms with Crippen LogP contribution >= 0.6 is 0 Å². The molecule has 3 heterocycles. The molecule has 0 saturated carbocycles. The predicted octanol–water partition coefficient (Wildman–Crippen LogP) is 4.10. The normalized spacial score (nSPS) is 25.6. The molecule has 3 aromatic carbocycles. The van der Waals surface area contributed by atoms with E-state index in [1.54, 1.807) is 36.4 Å². The zero-order chi connectivity index (χ0) is 26.9. The second kappa shape index (κ2) is 11.0. The van der Waals surface area contributed by atoms with E-state index in [0.717, 1.165) is 36.3 Å². The number of imide groups is 1. The van der Waals surface area contributed by atoms with Crippen molar-refractivity contribution < 1.29 is 28.9 Å². The number of hydrogen-bond acceptors (Lipinski definition) is 7. The lowest BCUT2D eigenvalue weighted by atomic mass is 9.90. The molecule has 4 unspecified atom stereocenters. The first-order valence-electron chi connectivity index (χ1n) is 13.4. The van der Waals surface area contributed by atoms with Gasteiger partial charge in [-0.15, -0.1) is 0 Å². The standard InChI is InChI=1S/C31H32N2O6/c1-20-27(18-32-13-15-37-16-14-32)38-31(39-28(20)22-11-9-21(19-34)10-12-22)23-5-4-6-24(17-23)33-29(35)25-7-2-3-8-26(25)30(33)36/h2-12,17,20,27-28,31,34H,13-16,18-19H2,1H3. The van der Waals surface area contributed by atoms with Gasteiger partial charge in [-0.05, 0) is 35.4 Å². The Balaban J connectivity index is 1.30. The van der Waals surface area contributed by atoms with Gasteiger partial charge in [0.15, 0.2) is 6.29 Å². The van der Waals surface area contributed by atoms with Crippen molar-refractivity contribution in [1.82, 2.24) is 4.90 Å². The smallest absolute Gasteiger partial charge is 0.266 e. The fraction of sp³-hybridized carbons (Fsp3) is 0.355. The minimum absolute atomic E-state index is 0.0165. The topological polar surface area (TPSA) is 88.5 Å². The van der Waals surface area contributed by atoms with Gasteiger partial charge in [0.05, 0.1) is 48.8 Å². The maximum atomic E-state index is 13.1. The molecule has 2 fully saturated rings. The Hall–Kier alpha value is -3.40. The van der Waals surface area contributed by atoms with Gasteiger partial charge in [-0.1, -0.05) is 55.5 Å². The van der Waals surface area contributed by atoms with E-state index in [2.05, 4.69) is 11.8 Å². The molecule has 0 aliphatic carbocycles. The van der Waals surface area contributed by atoms with Crippen LogP contribution in [0.4, 0.5) is 5.69 Å². The first-order chi connectivity index (χ1) is 19.0. The lowest BCUT2D eigenvalue weighted by molar-refractivity contribution is -0.277. The van der Waals surface area contributed by atoms with Crippen molar-refractivity contribution in [2.75, 3.05) is 37.7 Å². The van der Waals surface area contributed by atoms with Crippen molar-refractivity contribution in [3.05, 3.63) is 101 Å². The molecule has 2 saturated heterocycles. The monoisotopic (exact) mass is 528 g/mol. The third kappa shape index (κ3) is 5.02. The van der Waals surface area contributed by atoms with Crippen molar-refractivity contribution >= 4 is 17.5 Å². The molecule has 2 amide bonds. The number of nitrogens with zero attached hydrogens (tertiary/aromatic N) is 2. The minimum atomic E-state index is -0.690. The Kier molecular flexibility index (Phi) is 7.29. The molecule has 202 valence electrons. The number of benzene rings is 3. The van der Waals surface area contributed by atoms with Crippen molar-refractivity contribution in [3.63, 3.8) is 0 Å². The molecular weight excluding hydrogens is 496 g/mol. The molecule has 0 spiro atoms. The predicted molar refractivity (Wildman–Crippen MR) is 144 cm³/mol. The molecule has 0 bridgehead atoms. The van der Waals surface area contributed by atoms with Gasteiger partial charge in [-0.3, -0.25) is 14.5 Å². The zero-order valence-electron chi connectivity index (χ0n) is 21.9. The molecule has 3 aliphatic rings. The number of aliphatic hydroxyl groups is 1. The first kappa shape index (κ1) is 25.9. The lowest BCUT2D eigenvalue weighted by Gasteiger charge is -2.43. The molecule has 8 heteroatoms. The highest BCUT2D eigenvalue weighted by Gasteiger charge is 2.40. The average molecular weight is 529 g/mol. The highest BCUT2D eigenvalue weighted by molar-refractivity contribution is 6.34. The third-order valence-corrected chi connectivity index (χ3v) is 7.86. The van der Waals surface area contributed by atoms with Gasteiger partial charge in [-0.2, -0.15) is 0 Å². The van der Waals surface area contributed by atoms with Crippen molar-refractivity contribution in [1.29, 1.82) is 0 Å². The van der Waals surface area contributed by atoms with Crippen LogP contribution < -0.4 is 4.90 Å². The number of rotatable bonds is 6. The number of anilines is 1. The zero-order valence-corrected chi connectivity index (χ0v) is 21.9. The van der Waals surface area contributed by atoms with E-state index in [1.165, 1.54) is 4.90 Å². The summed E-state index contributed by atoms with van der Waals surface area (Å²) in [6, 6.07) is 22.0. The van der Waals surface area contributed by atoms with Crippen LogP contribution in [0, 0.1) is 5.92 Å². The van der Waals surface area contributed by atoms with Crippen LogP contribution in [0.2, 0.25) is 0 Å². The van der Waals surface area contributed by atoms with E-state index in [4.69, 9.17) is 14.2 Å². The van der Waals surface area contributed by atoms with Crippen LogP contribution in [0.5, 0.6) is 0 Å². The molecule has 1 N–H and O–H groups in total. The largest absolute Gasteiger partial charge is 0.392 e. The lowest BCUT2D eigenvalue weighted by Crippen LogP contribution is -2.47. The van der Waals surface area contributed by atoms with E-state index in [-0.39, 0.29) is 36.5 Å². The molecule has 39 heavy (non-hydrogen) atoms. The Morgan fingerprint density at radius 3 is 2.21 bits per heavy atom. The number of morpholine rings is 1. The number of fused-ring (bicyclic) bond motifs is 1. The second-order valence-corrected chi connectivity index (χ2v) is 10.3. The van der Waals surface area contributed by atoms with Crippen LogP contribution in [0.15, 0.2) is 72.8 Å². The highest BCUT2D eigenvalue weighted by Crippen LogP contribution is 2.42. The molecule has 8 nitrogen and oxygen atoms in total. The number of ether oxygens (including phenoxy) is 3. The SMILES string of the molecule is CC1C(CN2CCOCC2)OC(c2cccc(N3C(=O)c4ccccc4C3=O)c2)OC1c1ccc(CO)cc1. The van der Waals surface area contributed by atoms with Gasteiger partial charge in [0, 0.05) is 31.1 Å². The first-order valence-corrected chi connectivity index (χ1v) is 13.4. The summed E-state index contributed by atoms with van der Waals surface area (Å²) in [6.07, 6.45) is -1.05. The molecule has 0 aromatic heterocycles. The van der Waals surface area contributed by atoms with Gasteiger partial charge in [-0.25, -0.2) is 4.90 Å². The fourth-order valence-electron chi connectivity index (χ4n) is 5.60. The van der Waals surface area contributed by atoms with Crippen LogP contribution in [0.3, 0.4) is 0 Å². The quantitative estimate of drug-likeness (QED) is 0.482. The molecular formula is C31H32N2O6. The summed E-state index contributed by atoms with van der Waals surface area (Å²) in [6.45, 7) is 5.98. The van der Waals surface area contributed by atoms with Crippen LogP contribution in [-0.2, 0) is 20.8 Å². The van der Waals surface area contributed by atoms with E-state index in [9.17, 15) is 14.7 Å². The molecule has 3 aromatic rings. The molecule has 6 rings (SSSR count). The van der Waals surface area contributed by atoms with Crippen LogP contribution in [-0.4, -0.2) is 60.8 Å². The van der Waals surface area contributed by atoms with Crippen LogP contribution in [0.1, 0.15) is 56.7 Å². The summed E-state index contributed by atoms with van der Waals surface area (Å²) in [4.78, 5) is 29.8. The number of hydrogen-bond donors (Lipinski definition) is 1. The number of carbonyl (C=O) groups is 2. The Labute approximate surface area is 227 Å². The molecule has 3 aliphatic heterocycles. The van der Waals surface area contributed by atoms with Gasteiger partial charge in [0.2, 0.25) is 0 Å². The summed E-state index contributed by atoms with van der Waals surface area (Å²) in [5.74, 6) is -0.610. The van der Waals surface area contributed by atoms with Crippen molar-refractivity contribution in [3.8, 4) is 0 Å². The maximum Gasteiger partial charge on any atom is 0.266 e. The maximum absolute atomic E-state index is 13.1. The Morgan fingerprint density at radius 1 is 0.846 bits per heavy atom. The third-order valence-electron chi connectivity index (χ3n) is 7.86. The second-order valence-electron chi connectivity index (χ2n) is 10.3. The van der Waals surface area contributed by atoms with Crippen LogP contribution in [0.25, 0.3) is 0 Å². The van der Waals surface area contributed by atoms with E-state index in [1.807, 2.05) is 36.4 Å². The van der Waals surface area contributed by atoms with Crippen molar-refractivity contribution in [2.24, 2.45) is 5.92 Å². The van der Waals surface area contributed by atoms with Gasteiger partial charge in [0.25, 0.3) is 11.8 Å². The fourth-order valence-corrected chi connectivity index (χ4v) is 5.60. The highest BCUT2D eigenvalue weighted by atomic mass is 16.7. The molecule has 0 radical (unpaired) electrons. The molecule has 4 atom stereocenters. The summed E-state index contributed by atoms with van der Waals surface area (Å²) in [7, 11) is 0. The number of carbonyl (C=O) groups excluding carboxylic acids is 2. The summed E-state index contributed by atoms with van der Waals surface area (Å²) < 4.78 is 18.7.